The van der Waals surface area contributed by atoms with E-state index in [1.54, 1.807) is 11.3 Å². The summed E-state index contributed by atoms with van der Waals surface area (Å²) in [5.41, 5.74) is 1.47. The minimum Gasteiger partial charge on any atom is -0.378 e. The molecule has 0 bridgehead atoms. The van der Waals surface area contributed by atoms with Crippen LogP contribution in [0.4, 0.5) is 0 Å². The van der Waals surface area contributed by atoms with Gasteiger partial charge in [0.1, 0.15) is 0 Å². The van der Waals surface area contributed by atoms with Gasteiger partial charge in [-0.25, -0.2) is 0 Å². The van der Waals surface area contributed by atoms with Gasteiger partial charge in [-0.3, -0.25) is 0 Å². The first-order valence-corrected chi connectivity index (χ1v) is 7.77. The van der Waals surface area contributed by atoms with Crippen molar-refractivity contribution in [2.45, 2.75) is 37.3 Å². The molecule has 2 fully saturated rings. The Morgan fingerprint density at radius 1 is 1.44 bits per heavy atom. The topological polar surface area (TPSA) is 30.5 Å². The van der Waals surface area contributed by atoms with Crippen LogP contribution >= 0.6 is 11.3 Å². The molecule has 0 saturated carbocycles. The molecule has 2 saturated heterocycles. The predicted molar refractivity (Wildman–Crippen MR) is 73.2 cm³/mol. The van der Waals surface area contributed by atoms with Crippen molar-refractivity contribution in [1.29, 1.82) is 0 Å². The van der Waals surface area contributed by atoms with E-state index in [1.807, 2.05) is 0 Å². The lowest BCUT2D eigenvalue weighted by molar-refractivity contribution is -0.0891. The highest BCUT2D eigenvalue weighted by Crippen LogP contribution is 2.32. The van der Waals surface area contributed by atoms with Gasteiger partial charge in [0.25, 0.3) is 0 Å². The average Bonchev–Trinajstić information content (AvgIpc) is 3.02. The molecule has 2 aliphatic heterocycles. The van der Waals surface area contributed by atoms with Crippen molar-refractivity contribution >= 4 is 11.3 Å². The van der Waals surface area contributed by atoms with Crippen LogP contribution in [0.15, 0.2) is 16.8 Å². The maximum absolute atomic E-state index is 5.95. The van der Waals surface area contributed by atoms with Gasteiger partial charge in [-0.2, -0.15) is 11.3 Å². The third-order valence-electron chi connectivity index (χ3n) is 3.99. The van der Waals surface area contributed by atoms with Gasteiger partial charge in [0.15, 0.2) is 0 Å². The maximum Gasteiger partial charge on any atom is 0.0951 e. The van der Waals surface area contributed by atoms with Gasteiger partial charge in [-0.15, -0.1) is 0 Å². The smallest absolute Gasteiger partial charge is 0.0951 e. The highest BCUT2D eigenvalue weighted by Gasteiger charge is 2.40. The van der Waals surface area contributed by atoms with Crippen molar-refractivity contribution in [3.63, 3.8) is 0 Å². The number of hydrogen-bond acceptors (Lipinski definition) is 4. The summed E-state index contributed by atoms with van der Waals surface area (Å²) in [6.07, 6.45) is 4.43. The molecule has 1 aromatic rings. The third kappa shape index (κ3) is 2.94. The molecule has 3 nitrogen and oxygen atoms in total. The number of hydrogen-bond donors (Lipinski definition) is 1. The van der Waals surface area contributed by atoms with Gasteiger partial charge in [-0.05, 0) is 48.2 Å². The van der Waals surface area contributed by atoms with Gasteiger partial charge in [0, 0.05) is 25.7 Å². The largest absolute Gasteiger partial charge is 0.378 e. The molecule has 4 heteroatoms. The lowest BCUT2D eigenvalue weighted by Crippen LogP contribution is -2.47. The number of ether oxygens (including phenoxy) is 2. The SMILES string of the molecule is c1cc(CCNC2CCOC3(CCOC3)C2)cs1. The van der Waals surface area contributed by atoms with E-state index in [9.17, 15) is 0 Å². The van der Waals surface area contributed by atoms with Crippen LogP contribution in [-0.2, 0) is 15.9 Å². The van der Waals surface area contributed by atoms with Crippen molar-refractivity contribution in [3.05, 3.63) is 22.4 Å². The minimum absolute atomic E-state index is 0.0261. The molecule has 2 atom stereocenters. The van der Waals surface area contributed by atoms with Gasteiger partial charge in [0.2, 0.25) is 0 Å². The molecule has 0 amide bonds. The summed E-state index contributed by atoms with van der Waals surface area (Å²) in [6, 6.07) is 2.81. The average molecular weight is 267 g/mol. The summed E-state index contributed by atoms with van der Waals surface area (Å²) >= 11 is 1.78. The van der Waals surface area contributed by atoms with E-state index in [4.69, 9.17) is 9.47 Å². The Balaban J connectivity index is 1.45. The third-order valence-corrected chi connectivity index (χ3v) is 4.72. The van der Waals surface area contributed by atoms with Gasteiger partial charge >= 0.3 is 0 Å². The summed E-state index contributed by atoms with van der Waals surface area (Å²) in [7, 11) is 0. The Hall–Kier alpha value is -0.420. The second-order valence-corrected chi connectivity index (χ2v) is 6.14. The molecule has 0 radical (unpaired) electrons. The summed E-state index contributed by atoms with van der Waals surface area (Å²) in [5.74, 6) is 0. The number of thiophene rings is 1. The summed E-state index contributed by atoms with van der Waals surface area (Å²) in [6.45, 7) is 3.59. The van der Waals surface area contributed by atoms with E-state index < -0.39 is 0 Å². The molecule has 1 spiro atoms. The molecular formula is C14H21NO2S. The van der Waals surface area contributed by atoms with Crippen molar-refractivity contribution in [1.82, 2.24) is 5.32 Å². The normalized spacial score (nSPS) is 32.1. The second-order valence-electron chi connectivity index (χ2n) is 5.36. The van der Waals surface area contributed by atoms with Crippen LogP contribution in [0.5, 0.6) is 0 Å². The van der Waals surface area contributed by atoms with Gasteiger partial charge < -0.3 is 14.8 Å². The molecule has 2 aliphatic rings. The fourth-order valence-electron chi connectivity index (χ4n) is 2.92. The van der Waals surface area contributed by atoms with Crippen LogP contribution < -0.4 is 5.32 Å². The number of rotatable bonds is 4. The quantitative estimate of drug-likeness (QED) is 0.907. The van der Waals surface area contributed by atoms with Crippen LogP contribution in [0.1, 0.15) is 24.8 Å². The molecule has 18 heavy (non-hydrogen) atoms. The first-order chi connectivity index (χ1) is 8.86. The van der Waals surface area contributed by atoms with Crippen molar-refractivity contribution < 1.29 is 9.47 Å². The first-order valence-electron chi connectivity index (χ1n) is 6.83. The van der Waals surface area contributed by atoms with Gasteiger partial charge in [-0.1, -0.05) is 0 Å². The Bertz CT molecular complexity index is 360. The molecule has 1 aromatic heterocycles. The fourth-order valence-corrected chi connectivity index (χ4v) is 3.62. The highest BCUT2D eigenvalue weighted by atomic mass is 32.1. The Labute approximate surface area is 112 Å². The lowest BCUT2D eigenvalue weighted by Gasteiger charge is -2.37. The highest BCUT2D eigenvalue weighted by molar-refractivity contribution is 7.07. The molecule has 3 heterocycles. The van der Waals surface area contributed by atoms with Gasteiger partial charge in [0.05, 0.1) is 12.2 Å². The van der Waals surface area contributed by atoms with E-state index in [-0.39, 0.29) is 5.60 Å². The summed E-state index contributed by atoms with van der Waals surface area (Å²) in [4.78, 5) is 0. The van der Waals surface area contributed by atoms with Crippen LogP contribution in [0, 0.1) is 0 Å². The van der Waals surface area contributed by atoms with Crippen molar-refractivity contribution in [2.24, 2.45) is 0 Å². The van der Waals surface area contributed by atoms with Crippen LogP contribution in [-0.4, -0.2) is 38.0 Å². The Kier molecular flexibility index (Phi) is 3.99. The van der Waals surface area contributed by atoms with E-state index >= 15 is 0 Å². The fraction of sp³-hybridized carbons (Fsp3) is 0.714. The summed E-state index contributed by atoms with van der Waals surface area (Å²) in [5, 5.41) is 8.06. The van der Waals surface area contributed by atoms with E-state index in [2.05, 4.69) is 22.1 Å². The van der Waals surface area contributed by atoms with Crippen molar-refractivity contribution in [2.75, 3.05) is 26.4 Å². The zero-order valence-electron chi connectivity index (χ0n) is 10.7. The monoisotopic (exact) mass is 267 g/mol. The lowest BCUT2D eigenvalue weighted by atomic mass is 9.89. The first kappa shape index (κ1) is 12.6. The predicted octanol–water partition coefficient (Wildman–Crippen LogP) is 2.22. The summed E-state index contributed by atoms with van der Waals surface area (Å²) < 4.78 is 11.4. The van der Waals surface area contributed by atoms with Crippen LogP contribution in [0.2, 0.25) is 0 Å². The molecule has 2 unspecified atom stereocenters. The molecule has 0 aromatic carbocycles. The Morgan fingerprint density at radius 2 is 2.44 bits per heavy atom. The van der Waals surface area contributed by atoms with Crippen LogP contribution in [0.25, 0.3) is 0 Å². The molecule has 3 rings (SSSR count). The number of nitrogens with one attached hydrogen (secondary N) is 1. The van der Waals surface area contributed by atoms with Crippen LogP contribution in [0.3, 0.4) is 0 Å². The minimum atomic E-state index is 0.0261. The second kappa shape index (κ2) is 5.70. The zero-order chi connectivity index (χ0) is 12.3. The standard InChI is InChI=1S/C14H21NO2S/c1(12-3-8-18-10-12)5-15-13-2-6-17-14(9-13)4-7-16-11-14/h3,8,10,13,15H,1-2,4-7,9,11H2. The molecule has 100 valence electrons. The molecule has 1 N–H and O–H groups in total. The van der Waals surface area contributed by atoms with E-state index in [0.29, 0.717) is 6.04 Å². The zero-order valence-corrected chi connectivity index (χ0v) is 11.5. The molecular weight excluding hydrogens is 246 g/mol. The van der Waals surface area contributed by atoms with E-state index in [1.165, 1.54) is 5.56 Å². The molecule has 0 aliphatic carbocycles. The maximum atomic E-state index is 5.95. The van der Waals surface area contributed by atoms with Crippen molar-refractivity contribution in [3.8, 4) is 0 Å². The van der Waals surface area contributed by atoms with E-state index in [0.717, 1.165) is 52.0 Å². The Morgan fingerprint density at radius 3 is 3.22 bits per heavy atom.